The minimum absolute atomic E-state index is 0.0593. The fraction of sp³-hybridized carbons (Fsp3) is 0.0556. The summed E-state index contributed by atoms with van der Waals surface area (Å²) in [5.41, 5.74) is 0.881. The third-order valence-electron chi connectivity index (χ3n) is 3.48. The smallest absolute Gasteiger partial charge is 0.345 e. The molecule has 0 saturated carbocycles. The van der Waals surface area contributed by atoms with Gasteiger partial charge in [0.05, 0.1) is 11.1 Å². The Labute approximate surface area is 152 Å². The maximum atomic E-state index is 12.1. The largest absolute Gasteiger partial charge is 0.478 e. The van der Waals surface area contributed by atoms with Crippen LogP contribution in [0.15, 0.2) is 66.2 Å². The zero-order valence-corrected chi connectivity index (χ0v) is 13.9. The molecule has 1 aliphatic rings. The molecule has 1 aliphatic heterocycles. The molecule has 0 radical (unpaired) electrons. The number of carboxylic acids is 1. The predicted octanol–water partition coefficient (Wildman–Crippen LogP) is 2.99. The van der Waals surface area contributed by atoms with Gasteiger partial charge in [-0.25, -0.2) is 14.4 Å². The van der Waals surface area contributed by atoms with Crippen LogP contribution in [0.1, 0.15) is 20.7 Å². The van der Waals surface area contributed by atoms with Gasteiger partial charge in [0.25, 0.3) is 0 Å². The van der Waals surface area contributed by atoms with E-state index >= 15 is 0 Å². The number of aromatic carboxylic acids is 1. The number of carbonyl (C=O) groups excluding carboxylic acids is 2. The van der Waals surface area contributed by atoms with E-state index in [-0.39, 0.29) is 22.8 Å². The molecule has 0 saturated heterocycles. The van der Waals surface area contributed by atoms with E-state index in [0.29, 0.717) is 5.69 Å². The Kier molecular flexibility index (Phi) is 4.90. The van der Waals surface area contributed by atoms with Gasteiger partial charge in [0.1, 0.15) is 5.70 Å². The van der Waals surface area contributed by atoms with Crippen LogP contribution in [0.2, 0.25) is 0 Å². The molecule has 2 aromatic carbocycles. The van der Waals surface area contributed by atoms with Crippen LogP contribution in [0.4, 0.5) is 5.69 Å². The first-order valence-electron chi connectivity index (χ1n) is 7.43. The van der Waals surface area contributed by atoms with E-state index in [1.165, 1.54) is 24.3 Å². The van der Waals surface area contributed by atoms with Gasteiger partial charge in [0.15, 0.2) is 5.38 Å². The van der Waals surface area contributed by atoms with Crippen molar-refractivity contribution in [1.29, 1.82) is 0 Å². The van der Waals surface area contributed by atoms with Crippen LogP contribution >= 0.6 is 11.6 Å². The fourth-order valence-corrected chi connectivity index (χ4v) is 2.37. The van der Waals surface area contributed by atoms with Crippen LogP contribution in [0.25, 0.3) is 0 Å². The van der Waals surface area contributed by atoms with Crippen LogP contribution in [-0.2, 0) is 14.3 Å². The average molecular weight is 374 g/mol. The summed E-state index contributed by atoms with van der Waals surface area (Å²) in [5.74, 6) is -2.90. The summed E-state index contributed by atoms with van der Waals surface area (Å²) in [6, 6.07) is 13.9. The highest BCUT2D eigenvalue weighted by Gasteiger charge is 2.37. The highest BCUT2D eigenvalue weighted by molar-refractivity contribution is 6.33. The highest BCUT2D eigenvalue weighted by atomic mass is 35.5. The lowest BCUT2D eigenvalue weighted by molar-refractivity contribution is -0.139. The van der Waals surface area contributed by atoms with E-state index < -0.39 is 23.3 Å². The number of esters is 2. The van der Waals surface area contributed by atoms with Gasteiger partial charge < -0.3 is 19.9 Å². The molecule has 8 heteroatoms. The molecule has 2 aromatic rings. The number of rotatable bonds is 5. The Morgan fingerprint density at radius 1 is 1.04 bits per heavy atom. The molecule has 0 fully saturated rings. The number of halogens is 1. The molecule has 0 amide bonds. The lowest BCUT2D eigenvalue weighted by atomic mass is 10.2. The number of carbonyl (C=O) groups is 3. The zero-order valence-electron chi connectivity index (χ0n) is 13.1. The van der Waals surface area contributed by atoms with E-state index in [0.717, 1.165) is 0 Å². The van der Waals surface area contributed by atoms with Gasteiger partial charge >= 0.3 is 23.9 Å². The molecule has 1 unspecified atom stereocenters. The number of nitrogens with one attached hydrogen (secondary N) is 1. The Morgan fingerprint density at radius 3 is 2.31 bits per heavy atom. The third kappa shape index (κ3) is 3.68. The minimum atomic E-state index is -1.19. The first kappa shape index (κ1) is 17.5. The summed E-state index contributed by atoms with van der Waals surface area (Å²) in [5, 5.41) is 10.6. The van der Waals surface area contributed by atoms with E-state index in [9.17, 15) is 14.4 Å². The van der Waals surface area contributed by atoms with Crippen molar-refractivity contribution in [3.63, 3.8) is 0 Å². The van der Waals surface area contributed by atoms with Gasteiger partial charge in [-0.2, -0.15) is 0 Å². The first-order chi connectivity index (χ1) is 12.5. The molecule has 0 aromatic heterocycles. The zero-order chi connectivity index (χ0) is 18.7. The molecule has 3 rings (SSSR count). The van der Waals surface area contributed by atoms with Gasteiger partial charge in [0, 0.05) is 5.69 Å². The molecule has 0 bridgehead atoms. The van der Waals surface area contributed by atoms with E-state index in [4.69, 9.17) is 26.2 Å². The quantitative estimate of drug-likeness (QED) is 0.613. The fourth-order valence-electron chi connectivity index (χ4n) is 2.18. The Morgan fingerprint density at radius 2 is 1.69 bits per heavy atom. The van der Waals surface area contributed by atoms with Crippen LogP contribution < -0.4 is 5.32 Å². The average Bonchev–Trinajstić information content (AvgIpc) is 2.90. The molecule has 1 atom stereocenters. The minimum Gasteiger partial charge on any atom is -0.478 e. The summed E-state index contributed by atoms with van der Waals surface area (Å²) >= 11 is 6.00. The van der Waals surface area contributed by atoms with Crippen molar-refractivity contribution in [1.82, 2.24) is 0 Å². The number of ether oxygens (including phenoxy) is 2. The van der Waals surface area contributed by atoms with E-state index in [1.54, 1.807) is 30.3 Å². The summed E-state index contributed by atoms with van der Waals surface area (Å²) in [6.07, 6.45) is 0. The molecular weight excluding hydrogens is 362 g/mol. The second kappa shape index (κ2) is 7.28. The van der Waals surface area contributed by atoms with Crippen LogP contribution in [0.3, 0.4) is 0 Å². The van der Waals surface area contributed by atoms with Gasteiger partial charge in [-0.05, 0) is 36.4 Å². The number of hydrogen-bond acceptors (Lipinski definition) is 6. The number of hydrogen-bond donors (Lipinski definition) is 2. The first-order valence-corrected chi connectivity index (χ1v) is 7.87. The second-order valence-corrected chi connectivity index (χ2v) is 5.68. The lowest BCUT2D eigenvalue weighted by Crippen LogP contribution is -2.15. The van der Waals surface area contributed by atoms with Crippen molar-refractivity contribution in [2.24, 2.45) is 0 Å². The molecule has 0 aliphatic carbocycles. The number of anilines is 1. The maximum absolute atomic E-state index is 12.1. The number of alkyl halides is 1. The maximum Gasteiger partial charge on any atom is 0.345 e. The summed E-state index contributed by atoms with van der Waals surface area (Å²) in [6.45, 7) is 0. The third-order valence-corrected chi connectivity index (χ3v) is 3.88. The van der Waals surface area contributed by atoms with Gasteiger partial charge in [-0.1, -0.05) is 18.2 Å². The van der Waals surface area contributed by atoms with Crippen LogP contribution in [0.5, 0.6) is 0 Å². The van der Waals surface area contributed by atoms with Crippen molar-refractivity contribution >= 4 is 35.2 Å². The number of benzene rings is 2. The summed E-state index contributed by atoms with van der Waals surface area (Å²) in [7, 11) is 0. The highest BCUT2D eigenvalue weighted by Crippen LogP contribution is 2.28. The molecule has 132 valence electrons. The molecule has 1 heterocycles. The monoisotopic (exact) mass is 373 g/mol. The van der Waals surface area contributed by atoms with Gasteiger partial charge in [-0.15, -0.1) is 11.6 Å². The summed E-state index contributed by atoms with van der Waals surface area (Å²) < 4.78 is 10.1. The predicted molar refractivity (Wildman–Crippen MR) is 91.6 cm³/mol. The Bertz CT molecular complexity index is 892. The molecular formula is C18H12ClNO6. The molecule has 7 nitrogen and oxygen atoms in total. The van der Waals surface area contributed by atoms with E-state index in [1.807, 2.05) is 0 Å². The van der Waals surface area contributed by atoms with Crippen molar-refractivity contribution in [2.45, 2.75) is 5.38 Å². The van der Waals surface area contributed by atoms with Crippen LogP contribution in [0, 0.1) is 0 Å². The molecule has 26 heavy (non-hydrogen) atoms. The SMILES string of the molecule is O=C(O)c1ccc(NC2=C(OC(=O)c3ccccc3)OC(=O)C2Cl)cc1. The standard InChI is InChI=1S/C18H12ClNO6/c19-13-14(20-12-8-6-10(7-9-12)15(21)22)18(26-17(13)24)25-16(23)11-4-2-1-3-5-11/h1-9,13,20H,(H,21,22). The van der Waals surface area contributed by atoms with Gasteiger partial charge in [0.2, 0.25) is 0 Å². The molecule has 0 spiro atoms. The Balaban J connectivity index is 1.83. The molecule has 2 N–H and O–H groups in total. The second-order valence-electron chi connectivity index (χ2n) is 5.25. The van der Waals surface area contributed by atoms with Crippen LogP contribution in [-0.4, -0.2) is 28.4 Å². The normalized spacial score (nSPS) is 16.2. The number of carboxylic acid groups (broad SMARTS) is 1. The van der Waals surface area contributed by atoms with Crippen molar-refractivity contribution < 1.29 is 29.0 Å². The Hall–Kier alpha value is -3.32. The number of cyclic esters (lactones) is 1. The van der Waals surface area contributed by atoms with E-state index in [2.05, 4.69) is 5.32 Å². The van der Waals surface area contributed by atoms with Crippen molar-refractivity contribution in [2.75, 3.05) is 5.32 Å². The van der Waals surface area contributed by atoms with Crippen molar-refractivity contribution in [3.8, 4) is 0 Å². The van der Waals surface area contributed by atoms with Crippen molar-refractivity contribution in [3.05, 3.63) is 77.4 Å². The topological polar surface area (TPSA) is 102 Å². The summed E-state index contributed by atoms with van der Waals surface area (Å²) in [4.78, 5) is 34.8. The lowest BCUT2D eigenvalue weighted by Gasteiger charge is -2.10. The van der Waals surface area contributed by atoms with Gasteiger partial charge in [-0.3, -0.25) is 0 Å².